The molecule has 0 radical (unpaired) electrons. The van der Waals surface area contributed by atoms with Crippen LogP contribution in [0.4, 0.5) is 0 Å². The van der Waals surface area contributed by atoms with E-state index in [0.29, 0.717) is 0 Å². The lowest BCUT2D eigenvalue weighted by atomic mass is 9.96. The molecule has 0 amide bonds. The van der Waals surface area contributed by atoms with Crippen LogP contribution < -0.4 is 0 Å². The molecule has 0 saturated carbocycles. The molecular formula is C46H30N2S. The summed E-state index contributed by atoms with van der Waals surface area (Å²) in [5.41, 5.74) is 12.4. The number of rotatable bonds is 6. The number of benzene rings is 7. The Balaban J connectivity index is 1.13. The molecule has 0 N–H and O–H groups in total. The standard InChI is InChI=1S/C46H30N2S/c1-4-12-31(13-5-1)32-22-24-33(25-23-32)34-26-28-35(29-27-34)38-18-10-20-40-44-39(19-11-21-43(44)49-45(38)40)42-30-41(36-14-6-2-7-15-36)47-46(48-42)37-16-8-3-9-17-37/h1-30H. The Morgan fingerprint density at radius 3 is 1.47 bits per heavy atom. The highest BCUT2D eigenvalue weighted by molar-refractivity contribution is 7.26. The van der Waals surface area contributed by atoms with Crippen molar-refractivity contribution in [1.29, 1.82) is 0 Å². The molecule has 0 aliphatic carbocycles. The molecule has 2 heterocycles. The Morgan fingerprint density at radius 2 is 0.837 bits per heavy atom. The molecule has 3 heteroatoms. The van der Waals surface area contributed by atoms with Gasteiger partial charge in [0.05, 0.1) is 11.4 Å². The van der Waals surface area contributed by atoms with Crippen molar-refractivity contribution in [3.05, 3.63) is 182 Å². The first kappa shape index (κ1) is 29.0. The Morgan fingerprint density at radius 1 is 0.347 bits per heavy atom. The number of nitrogens with zero attached hydrogens (tertiary/aromatic N) is 2. The second-order valence-electron chi connectivity index (χ2n) is 12.2. The first-order chi connectivity index (χ1) is 24.3. The van der Waals surface area contributed by atoms with Crippen LogP contribution in [0.15, 0.2) is 182 Å². The van der Waals surface area contributed by atoms with E-state index >= 15 is 0 Å². The molecule has 0 bridgehead atoms. The molecule has 0 spiro atoms. The molecule has 2 aromatic heterocycles. The summed E-state index contributed by atoms with van der Waals surface area (Å²) in [4.78, 5) is 10.2. The zero-order valence-corrected chi connectivity index (χ0v) is 27.4. The molecule has 9 aromatic rings. The molecule has 2 nitrogen and oxygen atoms in total. The van der Waals surface area contributed by atoms with Crippen molar-refractivity contribution in [2.45, 2.75) is 0 Å². The molecule has 0 unspecified atom stereocenters. The van der Waals surface area contributed by atoms with Crippen LogP contribution in [0.5, 0.6) is 0 Å². The van der Waals surface area contributed by atoms with Crippen molar-refractivity contribution in [2.75, 3.05) is 0 Å². The van der Waals surface area contributed by atoms with Gasteiger partial charge in [-0.3, -0.25) is 0 Å². The van der Waals surface area contributed by atoms with Crippen LogP contribution in [0.25, 0.3) is 87.5 Å². The highest BCUT2D eigenvalue weighted by Crippen LogP contribution is 2.44. The summed E-state index contributed by atoms with van der Waals surface area (Å²) in [5, 5.41) is 2.48. The van der Waals surface area contributed by atoms with Crippen molar-refractivity contribution in [3.63, 3.8) is 0 Å². The van der Waals surface area contributed by atoms with Gasteiger partial charge in [0.25, 0.3) is 0 Å². The fourth-order valence-electron chi connectivity index (χ4n) is 6.67. The number of fused-ring (bicyclic) bond motifs is 3. The first-order valence-electron chi connectivity index (χ1n) is 16.5. The average molecular weight is 643 g/mol. The second-order valence-corrected chi connectivity index (χ2v) is 13.2. The lowest BCUT2D eigenvalue weighted by Crippen LogP contribution is -1.96. The van der Waals surface area contributed by atoms with Gasteiger partial charge in [0.1, 0.15) is 0 Å². The Hall–Kier alpha value is -6.16. The fourth-order valence-corrected chi connectivity index (χ4v) is 7.94. The van der Waals surface area contributed by atoms with Gasteiger partial charge in [-0.25, -0.2) is 9.97 Å². The highest BCUT2D eigenvalue weighted by atomic mass is 32.1. The van der Waals surface area contributed by atoms with E-state index in [-0.39, 0.29) is 0 Å². The molecular weight excluding hydrogens is 613 g/mol. The third-order valence-electron chi connectivity index (χ3n) is 9.15. The predicted molar refractivity (Wildman–Crippen MR) is 208 cm³/mol. The second kappa shape index (κ2) is 12.5. The van der Waals surface area contributed by atoms with Crippen LogP contribution >= 0.6 is 11.3 Å². The molecule has 0 saturated heterocycles. The van der Waals surface area contributed by atoms with E-state index in [1.165, 1.54) is 53.6 Å². The van der Waals surface area contributed by atoms with Crippen molar-refractivity contribution in [1.82, 2.24) is 9.97 Å². The van der Waals surface area contributed by atoms with Crippen LogP contribution in [-0.2, 0) is 0 Å². The normalized spacial score (nSPS) is 11.3. The van der Waals surface area contributed by atoms with Gasteiger partial charge in [-0.2, -0.15) is 0 Å². The maximum absolute atomic E-state index is 5.17. The summed E-state index contributed by atoms with van der Waals surface area (Å²) in [6, 6.07) is 64.4. The summed E-state index contributed by atoms with van der Waals surface area (Å²) >= 11 is 1.85. The minimum absolute atomic E-state index is 0.726. The molecule has 0 atom stereocenters. The van der Waals surface area contributed by atoms with Gasteiger partial charge in [0.2, 0.25) is 0 Å². The van der Waals surface area contributed by atoms with E-state index in [1.54, 1.807) is 0 Å². The van der Waals surface area contributed by atoms with Crippen molar-refractivity contribution < 1.29 is 0 Å². The Bertz CT molecular complexity index is 2500. The smallest absolute Gasteiger partial charge is 0.160 e. The minimum Gasteiger partial charge on any atom is -0.228 e. The van der Waals surface area contributed by atoms with E-state index < -0.39 is 0 Å². The number of hydrogen-bond donors (Lipinski definition) is 0. The molecule has 7 aromatic carbocycles. The topological polar surface area (TPSA) is 25.8 Å². The van der Waals surface area contributed by atoms with E-state index in [4.69, 9.17) is 9.97 Å². The highest BCUT2D eigenvalue weighted by Gasteiger charge is 2.17. The summed E-state index contributed by atoms with van der Waals surface area (Å²) in [6.45, 7) is 0. The van der Waals surface area contributed by atoms with Gasteiger partial charge in [-0.1, -0.05) is 170 Å². The lowest BCUT2D eigenvalue weighted by molar-refractivity contribution is 1.19. The van der Waals surface area contributed by atoms with Gasteiger partial charge in [-0.15, -0.1) is 11.3 Å². The molecule has 9 rings (SSSR count). The first-order valence-corrected chi connectivity index (χ1v) is 17.3. The van der Waals surface area contributed by atoms with E-state index in [0.717, 1.165) is 33.9 Å². The molecule has 0 aliphatic heterocycles. The van der Waals surface area contributed by atoms with E-state index in [1.807, 2.05) is 35.6 Å². The maximum atomic E-state index is 5.17. The van der Waals surface area contributed by atoms with Crippen LogP contribution in [-0.4, -0.2) is 9.97 Å². The van der Waals surface area contributed by atoms with Crippen molar-refractivity contribution >= 4 is 31.5 Å². The summed E-state index contributed by atoms with van der Waals surface area (Å²) in [7, 11) is 0. The van der Waals surface area contributed by atoms with Crippen LogP contribution in [0, 0.1) is 0 Å². The SMILES string of the molecule is c1ccc(-c2ccc(-c3ccc(-c4cccc5c4sc4cccc(-c6cc(-c7ccccc7)nc(-c7ccccc7)n6)c45)cc3)cc2)cc1. The average Bonchev–Trinajstić information content (AvgIpc) is 3.58. The number of hydrogen-bond acceptors (Lipinski definition) is 3. The van der Waals surface area contributed by atoms with Crippen LogP contribution in [0.2, 0.25) is 0 Å². The molecule has 0 aliphatic rings. The van der Waals surface area contributed by atoms with Crippen LogP contribution in [0.3, 0.4) is 0 Å². The number of thiophene rings is 1. The lowest BCUT2D eigenvalue weighted by Gasteiger charge is -2.11. The zero-order chi connectivity index (χ0) is 32.6. The predicted octanol–water partition coefficient (Wildman–Crippen LogP) is 12.8. The maximum Gasteiger partial charge on any atom is 0.160 e. The Kier molecular flexibility index (Phi) is 7.38. The monoisotopic (exact) mass is 642 g/mol. The van der Waals surface area contributed by atoms with E-state index in [9.17, 15) is 0 Å². The quantitative estimate of drug-likeness (QED) is 0.180. The van der Waals surface area contributed by atoms with Gasteiger partial charge in [0.15, 0.2) is 5.82 Å². The third-order valence-corrected chi connectivity index (χ3v) is 10.4. The summed E-state index contributed by atoms with van der Waals surface area (Å²) in [6.07, 6.45) is 0. The summed E-state index contributed by atoms with van der Waals surface area (Å²) in [5.74, 6) is 0.726. The molecule has 230 valence electrons. The van der Waals surface area contributed by atoms with Gasteiger partial charge >= 0.3 is 0 Å². The minimum atomic E-state index is 0.726. The van der Waals surface area contributed by atoms with Crippen molar-refractivity contribution in [2.24, 2.45) is 0 Å². The summed E-state index contributed by atoms with van der Waals surface area (Å²) < 4.78 is 2.53. The Labute approximate surface area is 289 Å². The van der Waals surface area contributed by atoms with Gasteiger partial charge in [0, 0.05) is 36.9 Å². The number of aromatic nitrogens is 2. The van der Waals surface area contributed by atoms with Crippen molar-refractivity contribution in [3.8, 4) is 67.3 Å². The third kappa shape index (κ3) is 5.50. The molecule has 49 heavy (non-hydrogen) atoms. The zero-order valence-electron chi connectivity index (χ0n) is 26.6. The van der Waals surface area contributed by atoms with Crippen LogP contribution in [0.1, 0.15) is 0 Å². The van der Waals surface area contributed by atoms with Gasteiger partial charge in [-0.05, 0) is 45.5 Å². The molecule has 0 fully saturated rings. The van der Waals surface area contributed by atoms with Gasteiger partial charge < -0.3 is 0 Å². The fraction of sp³-hybridized carbons (Fsp3) is 0. The largest absolute Gasteiger partial charge is 0.228 e. The van der Waals surface area contributed by atoms with E-state index in [2.05, 4.69) is 158 Å².